The Morgan fingerprint density at radius 3 is 2.25 bits per heavy atom. The predicted octanol–water partition coefficient (Wildman–Crippen LogP) is 3.14. The lowest BCUT2D eigenvalue weighted by molar-refractivity contribution is -0.123. The summed E-state index contributed by atoms with van der Waals surface area (Å²) in [6.45, 7) is 4.54. The highest BCUT2D eigenvalue weighted by Crippen LogP contribution is 2.59. The van der Waals surface area contributed by atoms with E-state index in [1.807, 2.05) is 37.2 Å². The maximum atomic E-state index is 14.3. The Balaban J connectivity index is 1.67. The number of hydrogen-bond acceptors (Lipinski definition) is 3. The number of benzene rings is 2. The van der Waals surface area contributed by atoms with Crippen LogP contribution in [0.5, 0.6) is 0 Å². The maximum absolute atomic E-state index is 14.3. The minimum absolute atomic E-state index is 0.0111. The quantitative estimate of drug-likeness (QED) is 0.659. The van der Waals surface area contributed by atoms with E-state index in [-0.39, 0.29) is 29.2 Å². The standard InChI is InChI=1S/C25H31F2N3O2/c1-15-22(25(15,2)17-9-7-6-8-10-17)24(32)29-14-18(30(4)5)11-16-12-19(26)21(20(27)13-16)23(31)28-3/h6-10,12-13,15,18,22H,11,14H2,1-5H3,(H,28,31)(H,29,32)/t15-,18-,22-,25?/m0/s1. The van der Waals surface area contributed by atoms with Crippen molar-refractivity contribution < 1.29 is 18.4 Å². The first kappa shape index (κ1) is 23.9. The second kappa shape index (κ2) is 9.36. The average molecular weight is 444 g/mol. The van der Waals surface area contributed by atoms with Crippen LogP contribution in [0.15, 0.2) is 42.5 Å². The number of nitrogens with zero attached hydrogens (tertiary/aromatic N) is 1. The van der Waals surface area contributed by atoms with Gasteiger partial charge in [0.15, 0.2) is 0 Å². The van der Waals surface area contributed by atoms with Gasteiger partial charge in [0.2, 0.25) is 5.91 Å². The number of halogens is 2. The highest BCUT2D eigenvalue weighted by atomic mass is 19.1. The molecule has 4 atom stereocenters. The summed E-state index contributed by atoms with van der Waals surface area (Å²) in [4.78, 5) is 26.5. The van der Waals surface area contributed by atoms with Crippen molar-refractivity contribution in [3.8, 4) is 0 Å². The molecule has 2 N–H and O–H groups in total. The number of amides is 2. The van der Waals surface area contributed by atoms with E-state index in [0.717, 1.165) is 5.56 Å². The second-order valence-corrected chi connectivity index (χ2v) is 9.00. The molecule has 1 unspecified atom stereocenters. The molecule has 3 rings (SSSR count). The maximum Gasteiger partial charge on any atom is 0.256 e. The van der Waals surface area contributed by atoms with Crippen LogP contribution in [0, 0.1) is 23.5 Å². The van der Waals surface area contributed by atoms with Crippen molar-refractivity contribution in [3.05, 3.63) is 70.8 Å². The van der Waals surface area contributed by atoms with Crippen LogP contribution in [-0.4, -0.2) is 50.4 Å². The largest absolute Gasteiger partial charge is 0.355 e. The van der Waals surface area contributed by atoms with Crippen LogP contribution in [0.25, 0.3) is 0 Å². The first-order valence-electron chi connectivity index (χ1n) is 10.8. The van der Waals surface area contributed by atoms with Gasteiger partial charge in [-0.2, -0.15) is 0 Å². The van der Waals surface area contributed by atoms with Gasteiger partial charge in [-0.15, -0.1) is 0 Å². The van der Waals surface area contributed by atoms with E-state index < -0.39 is 23.1 Å². The molecule has 2 aromatic carbocycles. The SMILES string of the molecule is CNC(=O)c1c(F)cc(C[C@@H](CNC(=O)[C@@H]2[C@H](C)C2(C)c2ccccc2)N(C)C)cc1F. The topological polar surface area (TPSA) is 61.4 Å². The minimum Gasteiger partial charge on any atom is -0.355 e. The molecule has 172 valence electrons. The monoisotopic (exact) mass is 443 g/mol. The zero-order valence-electron chi connectivity index (χ0n) is 19.2. The normalized spacial score (nSPS) is 23.0. The van der Waals surface area contributed by atoms with Gasteiger partial charge < -0.3 is 15.5 Å². The molecule has 32 heavy (non-hydrogen) atoms. The fourth-order valence-electron chi connectivity index (χ4n) is 4.59. The molecular formula is C25H31F2N3O2. The fourth-order valence-corrected chi connectivity index (χ4v) is 4.59. The van der Waals surface area contributed by atoms with Gasteiger partial charge in [0, 0.05) is 25.0 Å². The summed E-state index contributed by atoms with van der Waals surface area (Å²) in [6, 6.07) is 12.2. The average Bonchev–Trinajstić information content (AvgIpc) is 3.32. The molecule has 7 heteroatoms. The zero-order chi connectivity index (χ0) is 23.6. The predicted molar refractivity (Wildman–Crippen MR) is 120 cm³/mol. The molecular weight excluding hydrogens is 412 g/mol. The summed E-state index contributed by atoms with van der Waals surface area (Å²) >= 11 is 0. The third kappa shape index (κ3) is 4.53. The Bertz CT molecular complexity index is 973. The summed E-state index contributed by atoms with van der Waals surface area (Å²) in [5.74, 6) is -2.50. The third-order valence-corrected chi connectivity index (χ3v) is 6.93. The van der Waals surface area contributed by atoms with E-state index >= 15 is 0 Å². The molecule has 0 radical (unpaired) electrons. The van der Waals surface area contributed by atoms with Gasteiger partial charge >= 0.3 is 0 Å². The molecule has 0 heterocycles. The number of carbonyl (C=O) groups is 2. The molecule has 0 spiro atoms. The minimum atomic E-state index is -0.897. The van der Waals surface area contributed by atoms with Gasteiger partial charge in [0.25, 0.3) is 5.91 Å². The lowest BCUT2D eigenvalue weighted by atomic mass is 9.94. The zero-order valence-corrected chi connectivity index (χ0v) is 19.2. The summed E-state index contributed by atoms with van der Waals surface area (Å²) in [5.41, 5.74) is 0.795. The van der Waals surface area contributed by atoms with Crippen molar-refractivity contribution in [2.75, 3.05) is 27.7 Å². The Morgan fingerprint density at radius 1 is 1.12 bits per heavy atom. The lowest BCUT2D eigenvalue weighted by Gasteiger charge is -2.25. The molecule has 0 bridgehead atoms. The van der Waals surface area contributed by atoms with Crippen LogP contribution in [0.2, 0.25) is 0 Å². The van der Waals surface area contributed by atoms with Crippen molar-refractivity contribution in [2.45, 2.75) is 31.7 Å². The van der Waals surface area contributed by atoms with E-state index in [2.05, 4.69) is 36.6 Å². The van der Waals surface area contributed by atoms with Gasteiger partial charge in [-0.3, -0.25) is 9.59 Å². The van der Waals surface area contributed by atoms with Crippen molar-refractivity contribution in [3.63, 3.8) is 0 Å². The molecule has 1 saturated carbocycles. The van der Waals surface area contributed by atoms with Gasteiger partial charge in [0.05, 0.1) is 5.92 Å². The van der Waals surface area contributed by atoms with Crippen LogP contribution in [0.3, 0.4) is 0 Å². The van der Waals surface area contributed by atoms with Gasteiger partial charge in [-0.05, 0) is 49.7 Å². The van der Waals surface area contributed by atoms with Crippen molar-refractivity contribution in [2.24, 2.45) is 11.8 Å². The lowest BCUT2D eigenvalue weighted by Crippen LogP contribution is -2.42. The number of rotatable bonds is 8. The Labute approximate surface area is 188 Å². The first-order chi connectivity index (χ1) is 15.1. The molecule has 0 saturated heterocycles. The van der Waals surface area contributed by atoms with E-state index in [9.17, 15) is 18.4 Å². The van der Waals surface area contributed by atoms with Crippen LogP contribution < -0.4 is 10.6 Å². The van der Waals surface area contributed by atoms with Crippen LogP contribution >= 0.6 is 0 Å². The third-order valence-electron chi connectivity index (χ3n) is 6.93. The summed E-state index contributed by atoms with van der Waals surface area (Å²) in [5, 5.41) is 5.28. The number of hydrogen-bond donors (Lipinski definition) is 2. The Kier molecular flexibility index (Phi) is 6.98. The van der Waals surface area contributed by atoms with Gasteiger partial charge in [0.1, 0.15) is 17.2 Å². The van der Waals surface area contributed by atoms with Crippen molar-refractivity contribution in [1.29, 1.82) is 0 Å². The van der Waals surface area contributed by atoms with Gasteiger partial charge in [-0.1, -0.05) is 44.2 Å². The van der Waals surface area contributed by atoms with E-state index in [1.165, 1.54) is 19.2 Å². The smallest absolute Gasteiger partial charge is 0.256 e. The molecule has 0 aliphatic heterocycles. The van der Waals surface area contributed by atoms with Gasteiger partial charge in [-0.25, -0.2) is 8.78 Å². The molecule has 1 fully saturated rings. The van der Waals surface area contributed by atoms with E-state index in [1.54, 1.807) is 0 Å². The van der Waals surface area contributed by atoms with E-state index in [4.69, 9.17) is 0 Å². The molecule has 5 nitrogen and oxygen atoms in total. The van der Waals surface area contributed by atoms with E-state index in [0.29, 0.717) is 18.5 Å². The highest BCUT2D eigenvalue weighted by Gasteiger charge is 2.62. The summed E-state index contributed by atoms with van der Waals surface area (Å²) in [7, 11) is 5.04. The molecule has 2 amide bonds. The van der Waals surface area contributed by atoms with Crippen LogP contribution in [0.1, 0.15) is 35.3 Å². The number of likely N-dealkylation sites (N-methyl/N-ethyl adjacent to an activating group) is 1. The van der Waals surface area contributed by atoms with Crippen LogP contribution in [0.4, 0.5) is 8.78 Å². The molecule has 1 aliphatic rings. The molecule has 2 aromatic rings. The fraction of sp³-hybridized carbons (Fsp3) is 0.440. The molecule has 0 aromatic heterocycles. The second-order valence-electron chi connectivity index (χ2n) is 9.00. The molecule has 1 aliphatic carbocycles. The van der Waals surface area contributed by atoms with Crippen molar-refractivity contribution >= 4 is 11.8 Å². The summed E-state index contributed by atoms with van der Waals surface area (Å²) in [6.07, 6.45) is 0.325. The van der Waals surface area contributed by atoms with Crippen molar-refractivity contribution in [1.82, 2.24) is 15.5 Å². The first-order valence-corrected chi connectivity index (χ1v) is 10.8. The number of carbonyl (C=O) groups excluding carboxylic acids is 2. The highest BCUT2D eigenvalue weighted by molar-refractivity contribution is 5.94. The summed E-state index contributed by atoms with van der Waals surface area (Å²) < 4.78 is 28.7. The van der Waals surface area contributed by atoms with Crippen LogP contribution in [-0.2, 0) is 16.6 Å². The Morgan fingerprint density at radius 2 is 1.72 bits per heavy atom. The Hall–Kier alpha value is -2.80. The number of nitrogens with one attached hydrogen (secondary N) is 2.